The van der Waals surface area contributed by atoms with Crippen LogP contribution in [0.15, 0.2) is 30.3 Å². The Morgan fingerprint density at radius 2 is 1.79 bits per heavy atom. The second-order valence-corrected chi connectivity index (χ2v) is 8.32. The molecule has 0 spiro atoms. The highest BCUT2D eigenvalue weighted by molar-refractivity contribution is 5.82. The SMILES string of the molecule is CC(C)COC(C)ONC(=O)C[C@@H](CC1CCCC1)C(=O)OCc1ccccc1. The minimum Gasteiger partial charge on any atom is -0.461 e. The summed E-state index contributed by atoms with van der Waals surface area (Å²) in [6, 6.07) is 9.57. The number of rotatable bonds is 12. The Morgan fingerprint density at radius 3 is 2.45 bits per heavy atom. The summed E-state index contributed by atoms with van der Waals surface area (Å²) in [7, 11) is 0. The summed E-state index contributed by atoms with van der Waals surface area (Å²) in [5.74, 6) is -0.250. The maximum atomic E-state index is 12.7. The van der Waals surface area contributed by atoms with Gasteiger partial charge >= 0.3 is 5.97 Å². The maximum absolute atomic E-state index is 12.7. The Kier molecular flexibility index (Phi) is 10.2. The fourth-order valence-corrected chi connectivity index (χ4v) is 3.53. The number of hydroxylamine groups is 1. The van der Waals surface area contributed by atoms with Crippen LogP contribution in [0.3, 0.4) is 0 Å². The quantitative estimate of drug-likeness (QED) is 0.317. The zero-order valence-corrected chi connectivity index (χ0v) is 17.9. The topological polar surface area (TPSA) is 73.9 Å². The first-order chi connectivity index (χ1) is 13.9. The molecule has 1 saturated carbocycles. The average molecular weight is 406 g/mol. The standard InChI is InChI=1S/C23H35NO5/c1-17(2)15-27-18(3)29-24-22(25)14-21(13-19-9-7-8-10-19)23(26)28-16-20-11-5-4-6-12-20/h4-6,11-12,17-19,21H,7-10,13-16H2,1-3H3,(H,24,25)/t18?,21-/m1/s1. The van der Waals surface area contributed by atoms with E-state index in [1.54, 1.807) is 6.92 Å². The molecule has 1 aliphatic carbocycles. The Bertz CT molecular complexity index is 613. The first-order valence-corrected chi connectivity index (χ1v) is 10.7. The van der Waals surface area contributed by atoms with Gasteiger partial charge in [-0.25, -0.2) is 10.3 Å². The van der Waals surface area contributed by atoms with E-state index >= 15 is 0 Å². The van der Waals surface area contributed by atoms with Gasteiger partial charge in [-0.05, 0) is 30.7 Å². The molecule has 0 saturated heterocycles. The molecule has 1 aromatic carbocycles. The lowest BCUT2D eigenvalue weighted by molar-refractivity contribution is -0.184. The number of ether oxygens (including phenoxy) is 2. The van der Waals surface area contributed by atoms with E-state index in [2.05, 4.69) is 5.48 Å². The van der Waals surface area contributed by atoms with Crippen LogP contribution in [0.2, 0.25) is 0 Å². The molecule has 1 aromatic rings. The largest absolute Gasteiger partial charge is 0.461 e. The van der Waals surface area contributed by atoms with Crippen molar-refractivity contribution < 1.29 is 23.9 Å². The minimum atomic E-state index is -0.542. The van der Waals surface area contributed by atoms with Gasteiger partial charge in [0.05, 0.1) is 12.5 Å². The molecule has 29 heavy (non-hydrogen) atoms. The molecule has 162 valence electrons. The number of hydrogen-bond donors (Lipinski definition) is 1. The van der Waals surface area contributed by atoms with E-state index in [1.807, 2.05) is 44.2 Å². The summed E-state index contributed by atoms with van der Waals surface area (Å²) < 4.78 is 11.0. The number of benzene rings is 1. The van der Waals surface area contributed by atoms with Gasteiger partial charge in [-0.3, -0.25) is 9.59 Å². The van der Waals surface area contributed by atoms with E-state index < -0.39 is 12.2 Å². The van der Waals surface area contributed by atoms with Gasteiger partial charge in [0.1, 0.15) is 6.61 Å². The number of nitrogens with one attached hydrogen (secondary N) is 1. The summed E-state index contributed by atoms with van der Waals surface area (Å²) in [6.07, 6.45) is 4.80. The summed E-state index contributed by atoms with van der Waals surface area (Å²) in [5.41, 5.74) is 3.35. The highest BCUT2D eigenvalue weighted by atomic mass is 16.8. The molecule has 0 bridgehead atoms. The van der Waals surface area contributed by atoms with Gasteiger partial charge in [0, 0.05) is 6.42 Å². The minimum absolute atomic E-state index is 0.0566. The molecule has 2 rings (SSSR count). The molecule has 0 aromatic heterocycles. The van der Waals surface area contributed by atoms with Crippen LogP contribution in [0.1, 0.15) is 64.9 Å². The van der Waals surface area contributed by atoms with Crippen molar-refractivity contribution in [3.63, 3.8) is 0 Å². The normalized spacial score (nSPS) is 16.6. The van der Waals surface area contributed by atoms with Crippen LogP contribution in [0.5, 0.6) is 0 Å². The van der Waals surface area contributed by atoms with Crippen LogP contribution in [-0.4, -0.2) is 24.8 Å². The van der Waals surface area contributed by atoms with Gasteiger partial charge in [-0.1, -0.05) is 69.9 Å². The van der Waals surface area contributed by atoms with E-state index in [-0.39, 0.29) is 24.9 Å². The van der Waals surface area contributed by atoms with E-state index in [0.29, 0.717) is 24.9 Å². The fourth-order valence-electron chi connectivity index (χ4n) is 3.53. The van der Waals surface area contributed by atoms with Crippen LogP contribution < -0.4 is 5.48 Å². The number of hydrogen-bond acceptors (Lipinski definition) is 5. The van der Waals surface area contributed by atoms with E-state index in [0.717, 1.165) is 18.4 Å². The number of amides is 1. The predicted molar refractivity (Wildman–Crippen MR) is 110 cm³/mol. The number of carbonyl (C=O) groups is 2. The predicted octanol–water partition coefficient (Wildman–Crippen LogP) is 4.38. The van der Waals surface area contributed by atoms with Crippen molar-refractivity contribution in [2.24, 2.45) is 17.8 Å². The zero-order chi connectivity index (χ0) is 21.1. The number of carbonyl (C=O) groups excluding carboxylic acids is 2. The Labute approximate surface area is 174 Å². The van der Waals surface area contributed by atoms with Crippen molar-refractivity contribution in [2.75, 3.05) is 6.61 Å². The smallest absolute Gasteiger partial charge is 0.309 e. The number of esters is 1. The maximum Gasteiger partial charge on any atom is 0.309 e. The lowest BCUT2D eigenvalue weighted by Crippen LogP contribution is -2.33. The monoisotopic (exact) mass is 405 g/mol. The Hall–Kier alpha value is -1.92. The molecule has 1 amide bonds. The summed E-state index contributed by atoms with van der Waals surface area (Å²) in [5, 5.41) is 0. The van der Waals surface area contributed by atoms with Crippen LogP contribution in [-0.2, 0) is 30.5 Å². The van der Waals surface area contributed by atoms with Crippen molar-refractivity contribution in [3.05, 3.63) is 35.9 Å². The van der Waals surface area contributed by atoms with Crippen LogP contribution >= 0.6 is 0 Å². The van der Waals surface area contributed by atoms with E-state index in [1.165, 1.54) is 12.8 Å². The van der Waals surface area contributed by atoms with Gasteiger partial charge in [0.2, 0.25) is 5.91 Å². The Morgan fingerprint density at radius 1 is 1.10 bits per heavy atom. The molecule has 1 N–H and O–H groups in total. The highest BCUT2D eigenvalue weighted by Crippen LogP contribution is 2.32. The van der Waals surface area contributed by atoms with Crippen LogP contribution in [0, 0.1) is 17.8 Å². The lowest BCUT2D eigenvalue weighted by Gasteiger charge is -2.20. The molecule has 0 heterocycles. The molecular weight excluding hydrogens is 370 g/mol. The van der Waals surface area contributed by atoms with Gasteiger partial charge in [-0.15, -0.1) is 0 Å². The zero-order valence-electron chi connectivity index (χ0n) is 17.9. The van der Waals surface area contributed by atoms with E-state index in [9.17, 15) is 9.59 Å². The van der Waals surface area contributed by atoms with Gasteiger partial charge < -0.3 is 9.47 Å². The second-order valence-electron chi connectivity index (χ2n) is 8.32. The van der Waals surface area contributed by atoms with Gasteiger partial charge in [0.25, 0.3) is 0 Å². The third kappa shape index (κ3) is 9.41. The fraction of sp³-hybridized carbons (Fsp3) is 0.652. The van der Waals surface area contributed by atoms with Crippen LogP contribution in [0.4, 0.5) is 0 Å². The van der Waals surface area contributed by atoms with Gasteiger partial charge in [0.15, 0.2) is 6.29 Å². The van der Waals surface area contributed by atoms with Crippen molar-refractivity contribution in [2.45, 2.75) is 72.2 Å². The summed E-state index contributed by atoms with van der Waals surface area (Å²) >= 11 is 0. The average Bonchev–Trinajstić information content (AvgIpc) is 3.22. The molecule has 1 fully saturated rings. The molecule has 0 aliphatic heterocycles. The first kappa shape index (κ1) is 23.4. The summed E-state index contributed by atoms with van der Waals surface area (Å²) in [6.45, 7) is 6.58. The molecule has 1 unspecified atom stereocenters. The molecule has 1 aliphatic rings. The van der Waals surface area contributed by atoms with Crippen LogP contribution in [0.25, 0.3) is 0 Å². The van der Waals surface area contributed by atoms with Crippen molar-refractivity contribution in [1.29, 1.82) is 0 Å². The van der Waals surface area contributed by atoms with E-state index in [4.69, 9.17) is 14.3 Å². The third-order valence-electron chi connectivity index (χ3n) is 5.08. The molecular formula is C23H35NO5. The molecule has 2 atom stereocenters. The molecule has 0 radical (unpaired) electrons. The Balaban J connectivity index is 1.83. The van der Waals surface area contributed by atoms with Crippen molar-refractivity contribution in [1.82, 2.24) is 5.48 Å². The highest BCUT2D eigenvalue weighted by Gasteiger charge is 2.28. The molecule has 6 heteroatoms. The van der Waals surface area contributed by atoms with Gasteiger partial charge in [-0.2, -0.15) is 0 Å². The summed E-state index contributed by atoms with van der Waals surface area (Å²) in [4.78, 5) is 30.3. The first-order valence-electron chi connectivity index (χ1n) is 10.7. The third-order valence-corrected chi connectivity index (χ3v) is 5.08. The van der Waals surface area contributed by atoms with Crippen molar-refractivity contribution >= 4 is 11.9 Å². The second kappa shape index (κ2) is 12.6. The van der Waals surface area contributed by atoms with Crippen molar-refractivity contribution in [3.8, 4) is 0 Å². The molecule has 6 nitrogen and oxygen atoms in total. The lowest BCUT2D eigenvalue weighted by atomic mass is 9.91.